The predicted octanol–water partition coefficient (Wildman–Crippen LogP) is 2.84. The van der Waals surface area contributed by atoms with Crippen molar-refractivity contribution in [2.75, 3.05) is 13.1 Å². The quantitative estimate of drug-likeness (QED) is 0.877. The van der Waals surface area contributed by atoms with Crippen LogP contribution in [-0.2, 0) is 6.42 Å². The van der Waals surface area contributed by atoms with Gasteiger partial charge in [0.25, 0.3) is 0 Å². The highest BCUT2D eigenvalue weighted by Crippen LogP contribution is 2.32. The van der Waals surface area contributed by atoms with Crippen molar-refractivity contribution in [2.24, 2.45) is 5.92 Å². The van der Waals surface area contributed by atoms with E-state index in [1.54, 1.807) is 6.07 Å². The fraction of sp³-hybridized carbons (Fsp3) is 0.500. The number of phenolic OH excluding ortho intramolecular Hbond substituents is 1. The Morgan fingerprint density at radius 3 is 3.00 bits per heavy atom. The van der Waals surface area contributed by atoms with Crippen LogP contribution in [0.5, 0.6) is 5.75 Å². The number of aromatic hydroxyl groups is 1. The Balaban J connectivity index is 2.16. The van der Waals surface area contributed by atoms with Gasteiger partial charge in [-0.25, -0.2) is 4.39 Å². The number of nitrogens with one attached hydrogen (secondary N) is 1. The van der Waals surface area contributed by atoms with Crippen LogP contribution >= 0.6 is 15.9 Å². The summed E-state index contributed by atoms with van der Waals surface area (Å²) < 4.78 is 14.0. The van der Waals surface area contributed by atoms with E-state index in [9.17, 15) is 9.50 Å². The standard InChI is InChI=1S/C12H15BrFNO/c13-10-3-4-11(14)12(16)9(10)6-8-2-1-5-15-7-8/h3-4,8,15-16H,1-2,5-7H2. The van der Waals surface area contributed by atoms with Crippen molar-refractivity contribution in [2.45, 2.75) is 19.3 Å². The number of piperidine rings is 1. The van der Waals surface area contributed by atoms with Crippen LogP contribution in [0.4, 0.5) is 4.39 Å². The first-order valence-electron chi connectivity index (χ1n) is 5.55. The van der Waals surface area contributed by atoms with E-state index in [1.807, 2.05) is 0 Å². The summed E-state index contributed by atoms with van der Waals surface area (Å²) >= 11 is 3.36. The number of hydrogen-bond donors (Lipinski definition) is 2. The van der Waals surface area contributed by atoms with Gasteiger partial charge in [-0.15, -0.1) is 0 Å². The SMILES string of the molecule is Oc1c(F)ccc(Br)c1CC1CCCNC1. The van der Waals surface area contributed by atoms with Gasteiger partial charge in [0.05, 0.1) is 0 Å². The second-order valence-electron chi connectivity index (χ2n) is 4.27. The number of phenols is 1. The first-order chi connectivity index (χ1) is 7.68. The molecule has 1 heterocycles. The Morgan fingerprint density at radius 1 is 1.50 bits per heavy atom. The largest absolute Gasteiger partial charge is 0.505 e. The van der Waals surface area contributed by atoms with E-state index in [-0.39, 0.29) is 5.75 Å². The molecule has 0 aromatic heterocycles. The highest BCUT2D eigenvalue weighted by atomic mass is 79.9. The summed E-state index contributed by atoms with van der Waals surface area (Å²) in [5.41, 5.74) is 0.689. The smallest absolute Gasteiger partial charge is 0.165 e. The average molecular weight is 288 g/mol. The first kappa shape index (κ1) is 11.9. The lowest BCUT2D eigenvalue weighted by molar-refractivity contribution is 0.364. The van der Waals surface area contributed by atoms with E-state index in [4.69, 9.17) is 0 Å². The normalized spacial score (nSPS) is 21.0. The number of hydrogen-bond acceptors (Lipinski definition) is 2. The van der Waals surface area contributed by atoms with Crippen LogP contribution in [0.15, 0.2) is 16.6 Å². The molecule has 1 unspecified atom stereocenters. The molecule has 4 heteroatoms. The third-order valence-corrected chi connectivity index (χ3v) is 3.81. The molecule has 2 nitrogen and oxygen atoms in total. The van der Waals surface area contributed by atoms with Gasteiger partial charge >= 0.3 is 0 Å². The summed E-state index contributed by atoms with van der Waals surface area (Å²) in [7, 11) is 0. The minimum Gasteiger partial charge on any atom is -0.505 e. The second kappa shape index (κ2) is 5.15. The number of halogens is 2. The Bertz CT molecular complexity index is 378. The molecule has 0 saturated carbocycles. The topological polar surface area (TPSA) is 32.3 Å². The zero-order valence-corrected chi connectivity index (χ0v) is 10.6. The summed E-state index contributed by atoms with van der Waals surface area (Å²) in [4.78, 5) is 0. The van der Waals surface area contributed by atoms with E-state index in [1.165, 1.54) is 6.07 Å². The molecule has 0 aliphatic carbocycles. The lowest BCUT2D eigenvalue weighted by atomic mass is 9.92. The average Bonchev–Trinajstić information content (AvgIpc) is 2.31. The van der Waals surface area contributed by atoms with Gasteiger partial charge in [-0.2, -0.15) is 0 Å². The fourth-order valence-corrected chi connectivity index (χ4v) is 2.65. The molecule has 1 saturated heterocycles. The van der Waals surface area contributed by atoms with Crippen LogP contribution in [0.2, 0.25) is 0 Å². The van der Waals surface area contributed by atoms with Crippen LogP contribution in [0, 0.1) is 11.7 Å². The van der Waals surface area contributed by atoms with Gasteiger partial charge in [0.2, 0.25) is 0 Å². The van der Waals surface area contributed by atoms with Crippen molar-refractivity contribution < 1.29 is 9.50 Å². The monoisotopic (exact) mass is 287 g/mol. The zero-order valence-electron chi connectivity index (χ0n) is 8.97. The molecule has 1 aromatic carbocycles. The lowest BCUT2D eigenvalue weighted by Gasteiger charge is -2.23. The molecule has 2 N–H and O–H groups in total. The molecular formula is C12H15BrFNO. The molecule has 0 bridgehead atoms. The highest BCUT2D eigenvalue weighted by Gasteiger charge is 2.18. The second-order valence-corrected chi connectivity index (χ2v) is 5.13. The summed E-state index contributed by atoms with van der Waals surface area (Å²) in [6, 6.07) is 2.93. The molecule has 1 aliphatic rings. The van der Waals surface area contributed by atoms with Crippen molar-refractivity contribution in [1.82, 2.24) is 5.32 Å². The molecule has 16 heavy (non-hydrogen) atoms. The minimum atomic E-state index is -0.540. The zero-order chi connectivity index (χ0) is 11.5. The van der Waals surface area contributed by atoms with Crippen molar-refractivity contribution in [3.05, 3.63) is 28.0 Å². The number of rotatable bonds is 2. The molecule has 0 spiro atoms. The maximum atomic E-state index is 13.2. The lowest BCUT2D eigenvalue weighted by Crippen LogP contribution is -2.30. The summed E-state index contributed by atoms with van der Waals surface area (Å²) in [5, 5.41) is 13.0. The molecular weight excluding hydrogens is 273 g/mol. The summed E-state index contributed by atoms with van der Waals surface area (Å²) in [5.74, 6) is -0.264. The van der Waals surface area contributed by atoms with Crippen molar-refractivity contribution in [3.63, 3.8) is 0 Å². The van der Waals surface area contributed by atoms with Gasteiger partial charge < -0.3 is 10.4 Å². The van der Waals surface area contributed by atoms with Crippen LogP contribution < -0.4 is 5.32 Å². The molecule has 1 atom stereocenters. The molecule has 1 aromatic rings. The van der Waals surface area contributed by atoms with Gasteiger partial charge in [-0.05, 0) is 50.4 Å². The van der Waals surface area contributed by atoms with Gasteiger partial charge in [0.1, 0.15) is 0 Å². The van der Waals surface area contributed by atoms with Crippen LogP contribution in [0.1, 0.15) is 18.4 Å². The van der Waals surface area contributed by atoms with E-state index in [2.05, 4.69) is 21.2 Å². The van der Waals surface area contributed by atoms with Gasteiger partial charge in [-0.1, -0.05) is 15.9 Å². The van der Waals surface area contributed by atoms with Crippen LogP contribution in [0.25, 0.3) is 0 Å². The Morgan fingerprint density at radius 2 is 2.31 bits per heavy atom. The predicted molar refractivity (Wildman–Crippen MR) is 65.1 cm³/mol. The van der Waals surface area contributed by atoms with Crippen molar-refractivity contribution in [3.8, 4) is 5.75 Å². The van der Waals surface area contributed by atoms with E-state index >= 15 is 0 Å². The van der Waals surface area contributed by atoms with Crippen molar-refractivity contribution >= 4 is 15.9 Å². The molecule has 88 valence electrons. The Kier molecular flexibility index (Phi) is 3.82. The minimum absolute atomic E-state index is 0.208. The van der Waals surface area contributed by atoms with E-state index in [0.29, 0.717) is 11.5 Å². The molecule has 0 amide bonds. The summed E-state index contributed by atoms with van der Waals surface area (Å²) in [6.45, 7) is 2.01. The van der Waals surface area contributed by atoms with Crippen LogP contribution in [-0.4, -0.2) is 18.2 Å². The van der Waals surface area contributed by atoms with Crippen LogP contribution in [0.3, 0.4) is 0 Å². The summed E-state index contributed by atoms with van der Waals surface area (Å²) in [6.07, 6.45) is 3.00. The van der Waals surface area contributed by atoms with Gasteiger partial charge in [-0.3, -0.25) is 0 Å². The molecule has 0 radical (unpaired) electrons. The molecule has 1 aliphatic heterocycles. The van der Waals surface area contributed by atoms with E-state index < -0.39 is 5.82 Å². The molecule has 1 fully saturated rings. The van der Waals surface area contributed by atoms with Gasteiger partial charge in [0, 0.05) is 10.0 Å². The first-order valence-corrected chi connectivity index (χ1v) is 6.34. The van der Waals surface area contributed by atoms with Gasteiger partial charge in [0.15, 0.2) is 11.6 Å². The number of benzene rings is 1. The van der Waals surface area contributed by atoms with E-state index in [0.717, 1.165) is 36.8 Å². The highest BCUT2D eigenvalue weighted by molar-refractivity contribution is 9.10. The Labute approximate surface area is 103 Å². The Hall–Kier alpha value is -0.610. The molecule has 2 rings (SSSR count). The van der Waals surface area contributed by atoms with Crippen molar-refractivity contribution in [1.29, 1.82) is 0 Å². The fourth-order valence-electron chi connectivity index (χ4n) is 2.16. The third kappa shape index (κ3) is 2.55. The maximum Gasteiger partial charge on any atom is 0.165 e. The third-order valence-electron chi connectivity index (χ3n) is 3.07. The maximum absolute atomic E-state index is 13.2.